The number of halogens is 4. The average molecular weight is 339 g/mol. The van der Waals surface area contributed by atoms with Crippen molar-refractivity contribution in [3.05, 3.63) is 34.3 Å². The third kappa shape index (κ3) is 3.70. The Morgan fingerprint density at radius 1 is 1.42 bits per heavy atom. The molecular formula is C12H14BrF3N2O. The summed E-state index contributed by atoms with van der Waals surface area (Å²) in [6.45, 7) is 0.730. The number of carbonyl (C=O) groups excluding carboxylic acids is 1. The fourth-order valence-electron chi connectivity index (χ4n) is 1.50. The molecule has 7 heteroatoms. The van der Waals surface area contributed by atoms with E-state index in [1.165, 1.54) is 7.05 Å². The van der Waals surface area contributed by atoms with Crippen LogP contribution in [-0.2, 0) is 11.3 Å². The van der Waals surface area contributed by atoms with Gasteiger partial charge in [0, 0.05) is 18.1 Å². The van der Waals surface area contributed by atoms with Gasteiger partial charge < -0.3 is 10.6 Å². The minimum atomic E-state index is -4.78. The van der Waals surface area contributed by atoms with E-state index in [2.05, 4.69) is 15.9 Å². The molecule has 19 heavy (non-hydrogen) atoms. The summed E-state index contributed by atoms with van der Waals surface area (Å²) in [5.74, 6) is -1.17. The first-order valence-electron chi connectivity index (χ1n) is 5.41. The van der Waals surface area contributed by atoms with Crippen molar-refractivity contribution in [2.75, 3.05) is 7.05 Å². The van der Waals surface area contributed by atoms with Crippen LogP contribution in [0.1, 0.15) is 12.5 Å². The zero-order valence-corrected chi connectivity index (χ0v) is 12.0. The predicted molar refractivity (Wildman–Crippen MR) is 69.3 cm³/mol. The molecule has 0 aliphatic heterocycles. The highest BCUT2D eigenvalue weighted by Gasteiger charge is 2.54. The van der Waals surface area contributed by atoms with Crippen molar-refractivity contribution in [1.82, 2.24) is 4.90 Å². The predicted octanol–water partition coefficient (Wildman–Crippen LogP) is 2.69. The number of hydrogen-bond acceptors (Lipinski definition) is 2. The summed E-state index contributed by atoms with van der Waals surface area (Å²) in [6, 6.07) is 6.97. The Hall–Kier alpha value is -1.08. The average Bonchev–Trinajstić information content (AvgIpc) is 2.26. The molecular weight excluding hydrogens is 325 g/mol. The van der Waals surface area contributed by atoms with Crippen LogP contribution >= 0.6 is 15.9 Å². The SMILES string of the molecule is CN(Cc1cccc(Br)c1)C(=O)C(C)(N)C(F)(F)F. The smallest absolute Gasteiger partial charge is 0.340 e. The van der Waals surface area contributed by atoms with Gasteiger partial charge in [-0.05, 0) is 24.6 Å². The second-order valence-corrected chi connectivity index (χ2v) is 5.41. The molecule has 1 amide bonds. The van der Waals surface area contributed by atoms with Gasteiger partial charge in [-0.1, -0.05) is 28.1 Å². The lowest BCUT2D eigenvalue weighted by Crippen LogP contribution is -2.61. The number of amides is 1. The molecule has 3 nitrogen and oxygen atoms in total. The van der Waals surface area contributed by atoms with Crippen molar-refractivity contribution in [2.24, 2.45) is 5.73 Å². The standard InChI is InChI=1S/C12H14BrF3N2O/c1-11(17,12(14,15)16)10(19)18(2)7-8-4-3-5-9(13)6-8/h3-6H,7,17H2,1-2H3. The Balaban J connectivity index is 2.84. The molecule has 0 aliphatic rings. The number of hydrogen-bond donors (Lipinski definition) is 1. The minimum absolute atomic E-state index is 0.0567. The minimum Gasteiger partial charge on any atom is -0.340 e. The maximum absolute atomic E-state index is 12.7. The van der Waals surface area contributed by atoms with Crippen LogP contribution in [0.3, 0.4) is 0 Å². The van der Waals surface area contributed by atoms with E-state index in [1.807, 2.05) is 0 Å². The summed E-state index contributed by atoms with van der Waals surface area (Å²) in [7, 11) is 1.29. The van der Waals surface area contributed by atoms with Gasteiger partial charge in [-0.25, -0.2) is 0 Å². The first kappa shape index (κ1) is 16.0. The van der Waals surface area contributed by atoms with Gasteiger partial charge in [-0.3, -0.25) is 4.79 Å². The number of nitrogens with zero attached hydrogens (tertiary/aromatic N) is 1. The zero-order chi connectivity index (χ0) is 14.8. The van der Waals surface area contributed by atoms with Crippen LogP contribution in [0, 0.1) is 0 Å². The first-order valence-corrected chi connectivity index (χ1v) is 6.20. The number of benzene rings is 1. The molecule has 1 aromatic carbocycles. The molecule has 0 saturated carbocycles. The van der Waals surface area contributed by atoms with E-state index in [1.54, 1.807) is 24.3 Å². The summed E-state index contributed by atoms with van der Waals surface area (Å²) in [6.07, 6.45) is -4.78. The van der Waals surface area contributed by atoms with Gasteiger partial charge in [0.25, 0.3) is 5.91 Å². The Morgan fingerprint density at radius 3 is 2.47 bits per heavy atom. The van der Waals surface area contributed by atoms with Gasteiger partial charge >= 0.3 is 6.18 Å². The zero-order valence-electron chi connectivity index (χ0n) is 10.5. The van der Waals surface area contributed by atoms with E-state index in [-0.39, 0.29) is 6.54 Å². The molecule has 1 aromatic rings. The lowest BCUT2D eigenvalue weighted by Gasteiger charge is -2.30. The van der Waals surface area contributed by atoms with Crippen LogP contribution in [-0.4, -0.2) is 29.6 Å². The molecule has 0 radical (unpaired) electrons. The second-order valence-electron chi connectivity index (χ2n) is 4.49. The lowest BCUT2D eigenvalue weighted by atomic mass is 10.0. The lowest BCUT2D eigenvalue weighted by molar-refractivity contribution is -0.193. The molecule has 0 heterocycles. The third-order valence-corrected chi connectivity index (χ3v) is 3.18. The molecule has 1 unspecified atom stereocenters. The van der Waals surface area contributed by atoms with Crippen molar-refractivity contribution >= 4 is 21.8 Å². The van der Waals surface area contributed by atoms with E-state index in [0.717, 1.165) is 9.37 Å². The van der Waals surface area contributed by atoms with Gasteiger partial charge in [0.15, 0.2) is 5.54 Å². The topological polar surface area (TPSA) is 46.3 Å². The van der Waals surface area contributed by atoms with Crippen molar-refractivity contribution in [1.29, 1.82) is 0 Å². The maximum atomic E-state index is 12.7. The van der Waals surface area contributed by atoms with Gasteiger partial charge in [0.2, 0.25) is 0 Å². The molecule has 1 atom stereocenters. The molecule has 2 N–H and O–H groups in total. The van der Waals surface area contributed by atoms with E-state index in [0.29, 0.717) is 12.5 Å². The van der Waals surface area contributed by atoms with Crippen LogP contribution < -0.4 is 5.73 Å². The summed E-state index contributed by atoms with van der Waals surface area (Å²) in [5.41, 5.74) is 2.93. The molecule has 0 aromatic heterocycles. The Kier molecular flexibility index (Phi) is 4.63. The largest absolute Gasteiger partial charge is 0.415 e. The molecule has 0 saturated heterocycles. The molecule has 0 aliphatic carbocycles. The molecule has 0 fully saturated rings. The van der Waals surface area contributed by atoms with Gasteiger partial charge in [0.05, 0.1) is 0 Å². The molecule has 106 valence electrons. The highest BCUT2D eigenvalue weighted by molar-refractivity contribution is 9.10. The van der Waals surface area contributed by atoms with E-state index in [9.17, 15) is 18.0 Å². The Morgan fingerprint density at radius 2 is 2.00 bits per heavy atom. The molecule has 0 bridgehead atoms. The van der Waals surface area contributed by atoms with Crippen LogP contribution in [0.5, 0.6) is 0 Å². The van der Waals surface area contributed by atoms with Crippen molar-refractivity contribution in [2.45, 2.75) is 25.2 Å². The van der Waals surface area contributed by atoms with Crippen molar-refractivity contribution < 1.29 is 18.0 Å². The van der Waals surface area contributed by atoms with E-state index < -0.39 is 17.6 Å². The first-order chi connectivity index (χ1) is 8.55. The van der Waals surface area contributed by atoms with Crippen LogP contribution in [0.25, 0.3) is 0 Å². The third-order valence-electron chi connectivity index (χ3n) is 2.69. The normalized spacial score (nSPS) is 14.9. The molecule has 0 spiro atoms. The summed E-state index contributed by atoms with van der Waals surface area (Å²) in [4.78, 5) is 12.7. The summed E-state index contributed by atoms with van der Waals surface area (Å²) < 4.78 is 38.8. The monoisotopic (exact) mass is 338 g/mol. The highest BCUT2D eigenvalue weighted by Crippen LogP contribution is 2.29. The van der Waals surface area contributed by atoms with Crippen LogP contribution in [0.4, 0.5) is 13.2 Å². The Bertz CT molecular complexity index is 474. The number of alkyl halides is 3. The fraction of sp³-hybridized carbons (Fsp3) is 0.417. The van der Waals surface area contributed by atoms with E-state index >= 15 is 0 Å². The number of carbonyl (C=O) groups is 1. The van der Waals surface area contributed by atoms with Gasteiger partial charge in [0.1, 0.15) is 0 Å². The highest BCUT2D eigenvalue weighted by atomic mass is 79.9. The number of rotatable bonds is 3. The molecule has 1 rings (SSSR count). The van der Waals surface area contributed by atoms with Gasteiger partial charge in [-0.2, -0.15) is 13.2 Å². The summed E-state index contributed by atoms with van der Waals surface area (Å²) >= 11 is 3.25. The second kappa shape index (κ2) is 5.50. The van der Waals surface area contributed by atoms with Crippen molar-refractivity contribution in [3.63, 3.8) is 0 Å². The maximum Gasteiger partial charge on any atom is 0.415 e. The van der Waals surface area contributed by atoms with Crippen LogP contribution in [0.2, 0.25) is 0 Å². The quantitative estimate of drug-likeness (QED) is 0.920. The van der Waals surface area contributed by atoms with E-state index in [4.69, 9.17) is 5.73 Å². The number of nitrogens with two attached hydrogens (primary N) is 1. The van der Waals surface area contributed by atoms with Crippen LogP contribution in [0.15, 0.2) is 28.7 Å². The van der Waals surface area contributed by atoms with Gasteiger partial charge in [-0.15, -0.1) is 0 Å². The fourth-order valence-corrected chi connectivity index (χ4v) is 1.95. The Labute approximate surface area is 117 Å². The number of likely N-dealkylation sites (N-methyl/N-ethyl adjacent to an activating group) is 1. The summed E-state index contributed by atoms with van der Waals surface area (Å²) in [5, 5.41) is 0. The van der Waals surface area contributed by atoms with Crippen molar-refractivity contribution in [3.8, 4) is 0 Å².